The van der Waals surface area contributed by atoms with Gasteiger partial charge in [0.2, 0.25) is 11.8 Å². The van der Waals surface area contributed by atoms with Crippen LogP contribution in [-0.4, -0.2) is 44.8 Å². The zero-order valence-electron chi connectivity index (χ0n) is 16.1. The molecule has 1 atom stereocenters. The molecular weight excluding hydrogens is 390 g/mol. The van der Waals surface area contributed by atoms with Crippen molar-refractivity contribution in [2.75, 3.05) is 23.2 Å². The van der Waals surface area contributed by atoms with Gasteiger partial charge in [-0.25, -0.2) is 8.42 Å². The molecule has 1 aliphatic heterocycles. The number of nitrogens with one attached hydrogen (secondary N) is 1. The Kier molecular flexibility index (Phi) is 5.04. The molecule has 4 rings (SSSR count). The van der Waals surface area contributed by atoms with Crippen molar-refractivity contribution in [2.24, 2.45) is 5.92 Å². The van der Waals surface area contributed by atoms with Gasteiger partial charge in [0.1, 0.15) is 0 Å². The lowest BCUT2D eigenvalue weighted by Gasteiger charge is -2.20. The second kappa shape index (κ2) is 7.51. The van der Waals surface area contributed by atoms with Crippen molar-refractivity contribution in [1.29, 1.82) is 0 Å². The first-order valence-corrected chi connectivity index (χ1v) is 11.0. The van der Waals surface area contributed by atoms with Gasteiger partial charge in [-0.1, -0.05) is 24.3 Å². The van der Waals surface area contributed by atoms with Gasteiger partial charge in [0.15, 0.2) is 0 Å². The van der Waals surface area contributed by atoms with E-state index in [-0.39, 0.29) is 23.1 Å². The molecule has 8 heteroatoms. The Labute approximate surface area is 170 Å². The zero-order valence-corrected chi connectivity index (χ0v) is 16.9. The molecule has 1 N–H and O–H groups in total. The van der Waals surface area contributed by atoms with Crippen LogP contribution in [0.2, 0.25) is 0 Å². The van der Waals surface area contributed by atoms with Crippen LogP contribution < -0.4 is 9.62 Å². The van der Waals surface area contributed by atoms with Crippen LogP contribution in [-0.2, 0) is 19.6 Å². The van der Waals surface area contributed by atoms with Crippen LogP contribution in [0.3, 0.4) is 0 Å². The highest BCUT2D eigenvalue weighted by molar-refractivity contribution is 7.92. The molecule has 0 radical (unpaired) electrons. The molecule has 1 aliphatic carbocycles. The second-order valence-electron chi connectivity index (χ2n) is 7.50. The van der Waals surface area contributed by atoms with Crippen molar-refractivity contribution < 1.29 is 18.0 Å². The maximum absolute atomic E-state index is 13.0. The highest BCUT2D eigenvalue weighted by Gasteiger charge is 2.41. The molecular formula is C21H23N3O4S. The number of likely N-dealkylation sites (tertiary alicyclic amines) is 1. The van der Waals surface area contributed by atoms with Crippen LogP contribution in [0.25, 0.3) is 0 Å². The normalized spacial score (nSPS) is 19.3. The second-order valence-corrected chi connectivity index (χ2v) is 9.47. The summed E-state index contributed by atoms with van der Waals surface area (Å²) in [6.45, 7) is 0.435. The molecule has 7 nitrogen and oxygen atoms in total. The smallest absolute Gasteiger partial charge is 0.264 e. The zero-order chi connectivity index (χ0) is 20.6. The van der Waals surface area contributed by atoms with Crippen molar-refractivity contribution in [2.45, 2.75) is 30.2 Å². The van der Waals surface area contributed by atoms with Gasteiger partial charge in [0.25, 0.3) is 10.0 Å². The molecule has 0 aromatic heterocycles. The van der Waals surface area contributed by atoms with E-state index in [0.29, 0.717) is 24.0 Å². The lowest BCUT2D eigenvalue weighted by molar-refractivity contribution is -0.128. The first-order valence-electron chi connectivity index (χ1n) is 9.60. The van der Waals surface area contributed by atoms with Gasteiger partial charge in [-0.3, -0.25) is 13.9 Å². The highest BCUT2D eigenvalue weighted by Crippen LogP contribution is 2.33. The average molecular weight is 413 g/mol. The molecule has 2 aromatic carbocycles. The Balaban J connectivity index is 1.48. The molecule has 2 aliphatic rings. The standard InChI is InChI=1S/C21H23N3O4S/c1-23(17-7-3-2-4-8-17)29(27,28)19-9-5-6-16(13-19)22-21(26)15-12-20(25)24(14-15)18-10-11-18/h2-9,13,15,18H,10-12,14H2,1H3,(H,22,26)/t15-/m1/s1. The van der Waals surface area contributed by atoms with Crippen LogP contribution in [0.5, 0.6) is 0 Å². The number of hydrogen-bond acceptors (Lipinski definition) is 4. The third kappa shape index (κ3) is 3.98. The van der Waals surface area contributed by atoms with Crippen molar-refractivity contribution in [3.63, 3.8) is 0 Å². The van der Waals surface area contributed by atoms with E-state index < -0.39 is 15.9 Å². The number of rotatable bonds is 6. The minimum absolute atomic E-state index is 0.0217. The number of amides is 2. The lowest BCUT2D eigenvalue weighted by atomic mass is 10.1. The van der Waals surface area contributed by atoms with Gasteiger partial charge in [0.05, 0.1) is 16.5 Å². The summed E-state index contributed by atoms with van der Waals surface area (Å²) in [7, 11) is -2.28. The summed E-state index contributed by atoms with van der Waals surface area (Å²) in [6, 6.07) is 15.3. The molecule has 1 saturated heterocycles. The van der Waals surface area contributed by atoms with E-state index in [1.54, 1.807) is 41.3 Å². The summed E-state index contributed by atoms with van der Waals surface area (Å²) < 4.78 is 27.1. The van der Waals surface area contributed by atoms with Crippen molar-refractivity contribution in [3.05, 3.63) is 54.6 Å². The maximum Gasteiger partial charge on any atom is 0.264 e. The summed E-state index contributed by atoms with van der Waals surface area (Å²) in [6.07, 6.45) is 2.22. The first kappa shape index (κ1) is 19.4. The summed E-state index contributed by atoms with van der Waals surface area (Å²) in [5.74, 6) is -0.642. The summed E-state index contributed by atoms with van der Waals surface area (Å²) in [5, 5.41) is 2.77. The molecule has 2 amide bonds. The number of nitrogens with zero attached hydrogens (tertiary/aromatic N) is 2. The van der Waals surface area contributed by atoms with E-state index in [4.69, 9.17) is 0 Å². The SMILES string of the molecule is CN(c1ccccc1)S(=O)(=O)c1cccc(NC(=O)[C@@H]2CC(=O)N(C3CC3)C2)c1. The molecule has 0 bridgehead atoms. The minimum atomic E-state index is -3.77. The van der Waals surface area contributed by atoms with Gasteiger partial charge in [-0.15, -0.1) is 0 Å². The maximum atomic E-state index is 13.0. The predicted octanol–water partition coefficient (Wildman–Crippen LogP) is 2.46. The molecule has 0 unspecified atom stereocenters. The van der Waals surface area contributed by atoms with Crippen LogP contribution in [0.15, 0.2) is 59.5 Å². The van der Waals surface area contributed by atoms with Gasteiger partial charge in [-0.2, -0.15) is 0 Å². The van der Waals surface area contributed by atoms with Gasteiger partial charge in [-0.05, 0) is 43.2 Å². The monoisotopic (exact) mass is 413 g/mol. The third-order valence-corrected chi connectivity index (χ3v) is 7.18. The number of anilines is 2. The number of hydrogen-bond donors (Lipinski definition) is 1. The number of sulfonamides is 1. The molecule has 2 aromatic rings. The van der Waals surface area contributed by atoms with E-state index >= 15 is 0 Å². The van der Waals surface area contributed by atoms with Crippen molar-refractivity contribution in [1.82, 2.24) is 4.90 Å². The summed E-state index contributed by atoms with van der Waals surface area (Å²) in [5.41, 5.74) is 0.946. The molecule has 2 fully saturated rings. The van der Waals surface area contributed by atoms with E-state index in [1.807, 2.05) is 6.07 Å². The summed E-state index contributed by atoms with van der Waals surface area (Å²) >= 11 is 0. The van der Waals surface area contributed by atoms with Crippen LogP contribution >= 0.6 is 0 Å². The number of benzene rings is 2. The van der Waals surface area contributed by atoms with Gasteiger partial charge in [0, 0.05) is 31.7 Å². The first-order chi connectivity index (χ1) is 13.9. The van der Waals surface area contributed by atoms with E-state index in [0.717, 1.165) is 12.8 Å². The Bertz CT molecular complexity index is 1030. The Morgan fingerprint density at radius 2 is 1.83 bits per heavy atom. The predicted molar refractivity (Wildman–Crippen MR) is 110 cm³/mol. The van der Waals surface area contributed by atoms with Gasteiger partial charge < -0.3 is 10.2 Å². The quantitative estimate of drug-likeness (QED) is 0.788. The largest absolute Gasteiger partial charge is 0.339 e. The lowest BCUT2D eigenvalue weighted by Crippen LogP contribution is -2.30. The van der Waals surface area contributed by atoms with Gasteiger partial charge >= 0.3 is 0 Å². The van der Waals surface area contributed by atoms with E-state index in [2.05, 4.69) is 5.32 Å². The van der Waals surface area contributed by atoms with E-state index in [9.17, 15) is 18.0 Å². The number of carbonyl (C=O) groups is 2. The fourth-order valence-corrected chi connectivity index (χ4v) is 4.80. The van der Waals surface area contributed by atoms with Crippen LogP contribution in [0.4, 0.5) is 11.4 Å². The summed E-state index contributed by atoms with van der Waals surface area (Å²) in [4.78, 5) is 26.6. The number of para-hydroxylation sites is 1. The highest BCUT2D eigenvalue weighted by atomic mass is 32.2. The van der Waals surface area contributed by atoms with Crippen LogP contribution in [0, 0.1) is 5.92 Å². The molecule has 1 saturated carbocycles. The molecule has 0 spiro atoms. The minimum Gasteiger partial charge on any atom is -0.339 e. The molecule has 29 heavy (non-hydrogen) atoms. The fourth-order valence-electron chi connectivity index (χ4n) is 3.56. The molecule has 152 valence electrons. The molecule has 1 heterocycles. The van der Waals surface area contributed by atoms with Crippen LogP contribution in [0.1, 0.15) is 19.3 Å². The van der Waals surface area contributed by atoms with Crippen molar-refractivity contribution in [3.8, 4) is 0 Å². The third-order valence-electron chi connectivity index (χ3n) is 5.40. The Morgan fingerprint density at radius 1 is 1.10 bits per heavy atom. The Hall–Kier alpha value is -2.87. The number of carbonyl (C=O) groups excluding carboxylic acids is 2. The average Bonchev–Trinajstić information content (AvgIpc) is 3.49. The van der Waals surface area contributed by atoms with Crippen molar-refractivity contribution >= 4 is 33.2 Å². The topological polar surface area (TPSA) is 86.8 Å². The Morgan fingerprint density at radius 3 is 2.52 bits per heavy atom. The fraction of sp³-hybridized carbons (Fsp3) is 0.333. The van der Waals surface area contributed by atoms with E-state index in [1.165, 1.54) is 23.5 Å².